The lowest BCUT2D eigenvalue weighted by Crippen LogP contribution is -2.14. The minimum atomic E-state index is -0.841. The highest BCUT2D eigenvalue weighted by Gasteiger charge is 2.17. The second-order valence-electron chi connectivity index (χ2n) is 4.95. The van der Waals surface area contributed by atoms with Crippen LogP contribution in [0.4, 0.5) is 0 Å². The van der Waals surface area contributed by atoms with Crippen molar-refractivity contribution >= 4 is 28.8 Å². The number of carboxylic acids is 1. The molecule has 1 N–H and O–H groups in total. The predicted octanol–water partition coefficient (Wildman–Crippen LogP) is 3.12. The van der Waals surface area contributed by atoms with E-state index in [-0.39, 0.29) is 11.8 Å². The van der Waals surface area contributed by atoms with E-state index in [0.717, 1.165) is 21.8 Å². The number of imidazole rings is 1. The quantitative estimate of drug-likeness (QED) is 0.796. The molecule has 0 saturated carbocycles. The number of aryl methyl sites for hydroxylation is 1. The van der Waals surface area contributed by atoms with E-state index in [4.69, 9.17) is 9.84 Å². The summed E-state index contributed by atoms with van der Waals surface area (Å²) in [4.78, 5) is 15.4. The van der Waals surface area contributed by atoms with Gasteiger partial charge in [0.2, 0.25) is 0 Å². The molecule has 0 saturated heterocycles. The number of carbonyl (C=O) groups is 1. The normalized spacial score (nSPS) is 12.7. The van der Waals surface area contributed by atoms with E-state index < -0.39 is 5.97 Å². The van der Waals surface area contributed by atoms with Crippen molar-refractivity contribution in [3.05, 3.63) is 23.8 Å². The maximum absolute atomic E-state index is 10.8. The Kier molecular flexibility index (Phi) is 5.25. The minimum Gasteiger partial charge on any atom is -0.481 e. The van der Waals surface area contributed by atoms with Crippen molar-refractivity contribution in [1.82, 2.24) is 9.55 Å². The van der Waals surface area contributed by atoms with Crippen LogP contribution < -0.4 is 0 Å². The molecule has 0 amide bonds. The first-order valence-corrected chi connectivity index (χ1v) is 7.92. The van der Waals surface area contributed by atoms with Crippen LogP contribution in [0.1, 0.15) is 25.5 Å². The van der Waals surface area contributed by atoms with Crippen LogP contribution in [-0.4, -0.2) is 39.6 Å². The Morgan fingerprint density at radius 3 is 2.95 bits per heavy atom. The third kappa shape index (κ3) is 3.77. The minimum absolute atomic E-state index is 0.00363. The van der Waals surface area contributed by atoms with E-state index >= 15 is 0 Å². The summed E-state index contributed by atoms with van der Waals surface area (Å²) in [6.45, 7) is 7.30. The standard InChI is InChI=1S/C15H20N2O3S/c1-4-20-8-11(3)17-13-7-10(2)5-6-12(13)16-15(17)21-9-14(18)19/h5-7,11H,4,8-9H2,1-3H3,(H,18,19). The predicted molar refractivity (Wildman–Crippen MR) is 84.0 cm³/mol. The molecule has 21 heavy (non-hydrogen) atoms. The number of fused-ring (bicyclic) bond motifs is 1. The number of hydrogen-bond donors (Lipinski definition) is 1. The molecule has 5 nitrogen and oxygen atoms in total. The summed E-state index contributed by atoms with van der Waals surface area (Å²) in [5.74, 6) is -0.837. The lowest BCUT2D eigenvalue weighted by atomic mass is 10.2. The summed E-state index contributed by atoms with van der Waals surface area (Å²) in [6.07, 6.45) is 0. The van der Waals surface area contributed by atoms with Gasteiger partial charge in [0, 0.05) is 6.61 Å². The number of rotatable bonds is 7. The van der Waals surface area contributed by atoms with Crippen LogP contribution in [-0.2, 0) is 9.53 Å². The van der Waals surface area contributed by atoms with Crippen LogP contribution in [0.5, 0.6) is 0 Å². The summed E-state index contributed by atoms with van der Waals surface area (Å²) in [5, 5.41) is 9.61. The van der Waals surface area contributed by atoms with Crippen LogP contribution in [0, 0.1) is 6.92 Å². The van der Waals surface area contributed by atoms with E-state index in [1.165, 1.54) is 11.8 Å². The number of thioether (sulfide) groups is 1. The van der Waals surface area contributed by atoms with Gasteiger partial charge in [0.1, 0.15) is 0 Å². The van der Waals surface area contributed by atoms with Crippen LogP contribution >= 0.6 is 11.8 Å². The summed E-state index contributed by atoms with van der Waals surface area (Å²) in [5.41, 5.74) is 3.06. The molecule has 0 aliphatic carbocycles. The third-order valence-electron chi connectivity index (χ3n) is 3.14. The first-order chi connectivity index (χ1) is 10.0. The van der Waals surface area contributed by atoms with Gasteiger partial charge >= 0.3 is 5.97 Å². The van der Waals surface area contributed by atoms with Gasteiger partial charge in [0.05, 0.1) is 29.4 Å². The van der Waals surface area contributed by atoms with Crippen LogP contribution in [0.2, 0.25) is 0 Å². The van der Waals surface area contributed by atoms with E-state index in [2.05, 4.69) is 22.5 Å². The topological polar surface area (TPSA) is 64.3 Å². The zero-order valence-electron chi connectivity index (χ0n) is 12.5. The smallest absolute Gasteiger partial charge is 0.313 e. The Morgan fingerprint density at radius 2 is 2.29 bits per heavy atom. The molecule has 0 fully saturated rings. The molecule has 0 aliphatic rings. The molecule has 114 valence electrons. The molecule has 1 unspecified atom stereocenters. The van der Waals surface area contributed by atoms with E-state index in [9.17, 15) is 4.79 Å². The first-order valence-electron chi connectivity index (χ1n) is 6.93. The van der Waals surface area contributed by atoms with Gasteiger partial charge in [0.15, 0.2) is 5.16 Å². The molecule has 0 spiro atoms. The molecule has 1 aromatic heterocycles. The van der Waals surface area contributed by atoms with E-state index in [1.807, 2.05) is 26.0 Å². The van der Waals surface area contributed by atoms with Crippen molar-refractivity contribution in [2.45, 2.75) is 32.0 Å². The van der Waals surface area contributed by atoms with Gasteiger partial charge in [-0.2, -0.15) is 0 Å². The zero-order valence-corrected chi connectivity index (χ0v) is 13.3. The Bertz CT molecular complexity index is 639. The molecule has 6 heteroatoms. The van der Waals surface area contributed by atoms with E-state index in [0.29, 0.717) is 13.2 Å². The van der Waals surface area contributed by atoms with Gasteiger partial charge < -0.3 is 14.4 Å². The summed E-state index contributed by atoms with van der Waals surface area (Å²) < 4.78 is 7.58. The number of ether oxygens (including phenoxy) is 1. The van der Waals surface area contributed by atoms with Crippen molar-refractivity contribution in [1.29, 1.82) is 0 Å². The molecule has 1 atom stereocenters. The fraction of sp³-hybridized carbons (Fsp3) is 0.467. The van der Waals surface area contributed by atoms with Gasteiger partial charge in [-0.1, -0.05) is 17.8 Å². The molecule has 2 rings (SSSR count). The highest BCUT2D eigenvalue weighted by atomic mass is 32.2. The maximum atomic E-state index is 10.8. The number of benzene rings is 1. The monoisotopic (exact) mass is 308 g/mol. The maximum Gasteiger partial charge on any atom is 0.313 e. The third-order valence-corrected chi connectivity index (χ3v) is 4.08. The van der Waals surface area contributed by atoms with Crippen LogP contribution in [0.15, 0.2) is 23.4 Å². The van der Waals surface area contributed by atoms with Crippen molar-refractivity contribution in [2.24, 2.45) is 0 Å². The highest BCUT2D eigenvalue weighted by Crippen LogP contribution is 2.28. The average Bonchev–Trinajstić information content (AvgIpc) is 2.80. The molecule has 1 aromatic carbocycles. The van der Waals surface area contributed by atoms with Gasteiger partial charge in [0.25, 0.3) is 0 Å². The number of nitrogens with zero attached hydrogens (tertiary/aromatic N) is 2. The average molecular weight is 308 g/mol. The lowest BCUT2D eigenvalue weighted by molar-refractivity contribution is -0.133. The number of aliphatic carboxylic acids is 1. The van der Waals surface area contributed by atoms with E-state index in [1.54, 1.807) is 0 Å². The van der Waals surface area contributed by atoms with Gasteiger partial charge in [-0.15, -0.1) is 0 Å². The zero-order chi connectivity index (χ0) is 15.4. The SMILES string of the molecule is CCOCC(C)n1c(SCC(=O)O)nc2ccc(C)cc21. The Hall–Kier alpha value is -1.53. The second-order valence-corrected chi connectivity index (χ2v) is 5.89. The van der Waals surface area contributed by atoms with Crippen molar-refractivity contribution in [3.63, 3.8) is 0 Å². The van der Waals surface area contributed by atoms with Crippen molar-refractivity contribution in [3.8, 4) is 0 Å². The Morgan fingerprint density at radius 1 is 1.52 bits per heavy atom. The summed E-state index contributed by atoms with van der Waals surface area (Å²) in [6, 6.07) is 6.17. The summed E-state index contributed by atoms with van der Waals surface area (Å²) in [7, 11) is 0. The van der Waals surface area contributed by atoms with Crippen LogP contribution in [0.3, 0.4) is 0 Å². The van der Waals surface area contributed by atoms with Gasteiger partial charge in [-0.25, -0.2) is 4.98 Å². The fourth-order valence-electron chi connectivity index (χ4n) is 2.20. The number of carboxylic acid groups (broad SMARTS) is 1. The molecule has 2 aromatic rings. The molecule has 0 aliphatic heterocycles. The Balaban J connectivity index is 2.42. The Labute approximate surface area is 128 Å². The number of aromatic nitrogens is 2. The molecular formula is C15H20N2O3S. The van der Waals surface area contributed by atoms with Crippen molar-refractivity contribution < 1.29 is 14.6 Å². The molecule has 0 bridgehead atoms. The highest BCUT2D eigenvalue weighted by molar-refractivity contribution is 7.99. The van der Waals surface area contributed by atoms with Gasteiger partial charge in [-0.3, -0.25) is 4.79 Å². The summed E-state index contributed by atoms with van der Waals surface area (Å²) >= 11 is 1.25. The lowest BCUT2D eigenvalue weighted by Gasteiger charge is -2.17. The number of hydrogen-bond acceptors (Lipinski definition) is 4. The largest absolute Gasteiger partial charge is 0.481 e. The molecular weight excluding hydrogens is 288 g/mol. The first kappa shape index (κ1) is 15.9. The fourth-order valence-corrected chi connectivity index (χ4v) is 3.03. The second kappa shape index (κ2) is 6.95. The molecule has 1 heterocycles. The van der Waals surface area contributed by atoms with Gasteiger partial charge in [-0.05, 0) is 38.5 Å². The van der Waals surface area contributed by atoms with Crippen LogP contribution in [0.25, 0.3) is 11.0 Å². The van der Waals surface area contributed by atoms with Crippen molar-refractivity contribution in [2.75, 3.05) is 19.0 Å². The molecule has 0 radical (unpaired) electrons.